The molecule has 2 heterocycles. The number of carbonyl (C=O) groups excluding carboxylic acids is 1. The average molecular weight is 285 g/mol. The predicted molar refractivity (Wildman–Crippen MR) is 75.3 cm³/mol. The standard InChI is InChI=1S/C16H15NO4/c1-10-12(6-8-21-10)15(18)17-7-5-13-11(9-17)3-2-4-14(13)16(19)20/h2-4,6,8H,5,7,9H2,1H3,(H,19,20). The molecule has 0 aliphatic carbocycles. The number of aryl methyl sites for hydroxylation is 1. The molecular formula is C16H15NO4. The van der Waals surface area contributed by atoms with Gasteiger partial charge < -0.3 is 14.4 Å². The molecule has 0 saturated heterocycles. The molecule has 5 heteroatoms. The van der Waals surface area contributed by atoms with Crippen LogP contribution in [0.15, 0.2) is 34.9 Å². The number of nitrogens with zero attached hydrogens (tertiary/aromatic N) is 1. The van der Waals surface area contributed by atoms with Crippen molar-refractivity contribution in [1.29, 1.82) is 0 Å². The summed E-state index contributed by atoms with van der Waals surface area (Å²) in [6, 6.07) is 6.88. The van der Waals surface area contributed by atoms with Crippen molar-refractivity contribution in [3.8, 4) is 0 Å². The molecule has 0 radical (unpaired) electrons. The lowest BCUT2D eigenvalue weighted by atomic mass is 9.94. The minimum atomic E-state index is -0.919. The molecule has 3 rings (SSSR count). The zero-order chi connectivity index (χ0) is 15.0. The normalized spacial score (nSPS) is 13.9. The number of carbonyl (C=O) groups is 2. The highest BCUT2D eigenvalue weighted by atomic mass is 16.4. The van der Waals surface area contributed by atoms with Crippen molar-refractivity contribution in [2.24, 2.45) is 0 Å². The lowest BCUT2D eigenvalue weighted by molar-refractivity contribution is 0.0694. The maximum absolute atomic E-state index is 12.5. The smallest absolute Gasteiger partial charge is 0.335 e. The van der Waals surface area contributed by atoms with E-state index in [0.717, 1.165) is 11.1 Å². The van der Waals surface area contributed by atoms with E-state index in [1.165, 1.54) is 6.26 Å². The third-order valence-electron chi connectivity index (χ3n) is 3.87. The van der Waals surface area contributed by atoms with Crippen molar-refractivity contribution in [3.63, 3.8) is 0 Å². The number of aromatic carboxylic acids is 1. The Kier molecular flexibility index (Phi) is 3.25. The van der Waals surface area contributed by atoms with Gasteiger partial charge in [0.15, 0.2) is 0 Å². The summed E-state index contributed by atoms with van der Waals surface area (Å²) in [5.74, 6) is -0.394. The second kappa shape index (κ2) is 5.09. The van der Waals surface area contributed by atoms with Crippen LogP contribution in [0.2, 0.25) is 0 Å². The molecule has 2 aromatic rings. The lowest BCUT2D eigenvalue weighted by Gasteiger charge is -2.29. The van der Waals surface area contributed by atoms with E-state index in [-0.39, 0.29) is 5.91 Å². The first-order valence-corrected chi connectivity index (χ1v) is 6.75. The fourth-order valence-corrected chi connectivity index (χ4v) is 2.76. The highest BCUT2D eigenvalue weighted by Crippen LogP contribution is 2.24. The fourth-order valence-electron chi connectivity index (χ4n) is 2.76. The van der Waals surface area contributed by atoms with Crippen LogP contribution in [0, 0.1) is 6.92 Å². The van der Waals surface area contributed by atoms with Gasteiger partial charge in [-0.15, -0.1) is 0 Å². The molecule has 5 nitrogen and oxygen atoms in total. The van der Waals surface area contributed by atoms with Crippen LogP contribution in [-0.4, -0.2) is 28.4 Å². The summed E-state index contributed by atoms with van der Waals surface area (Å²) in [6.07, 6.45) is 2.06. The van der Waals surface area contributed by atoms with Crippen LogP contribution in [0.3, 0.4) is 0 Å². The Bertz CT molecular complexity index is 717. The summed E-state index contributed by atoms with van der Waals surface area (Å²) in [5.41, 5.74) is 2.63. The highest BCUT2D eigenvalue weighted by molar-refractivity contribution is 5.95. The van der Waals surface area contributed by atoms with Crippen LogP contribution in [0.4, 0.5) is 0 Å². The van der Waals surface area contributed by atoms with Gasteiger partial charge in [0.1, 0.15) is 5.76 Å². The molecule has 0 spiro atoms. The molecule has 108 valence electrons. The molecule has 0 unspecified atom stereocenters. The first-order chi connectivity index (χ1) is 10.1. The van der Waals surface area contributed by atoms with E-state index in [0.29, 0.717) is 36.4 Å². The molecule has 1 aliphatic heterocycles. The fraction of sp³-hybridized carbons (Fsp3) is 0.250. The van der Waals surface area contributed by atoms with E-state index < -0.39 is 5.97 Å². The van der Waals surface area contributed by atoms with E-state index in [1.54, 1.807) is 30.0 Å². The summed E-state index contributed by atoms with van der Waals surface area (Å²) in [5, 5.41) is 9.21. The summed E-state index contributed by atoms with van der Waals surface area (Å²) >= 11 is 0. The van der Waals surface area contributed by atoms with E-state index in [2.05, 4.69) is 0 Å². The van der Waals surface area contributed by atoms with Gasteiger partial charge in [0.05, 0.1) is 17.4 Å². The number of benzene rings is 1. The first kappa shape index (κ1) is 13.4. The maximum atomic E-state index is 12.5. The van der Waals surface area contributed by atoms with E-state index >= 15 is 0 Å². The Morgan fingerprint density at radius 2 is 2.05 bits per heavy atom. The van der Waals surface area contributed by atoms with Crippen molar-refractivity contribution in [2.75, 3.05) is 6.54 Å². The number of fused-ring (bicyclic) bond motifs is 1. The van der Waals surface area contributed by atoms with Crippen LogP contribution in [0.5, 0.6) is 0 Å². The topological polar surface area (TPSA) is 70.8 Å². The van der Waals surface area contributed by atoms with Crippen molar-refractivity contribution < 1.29 is 19.1 Å². The Labute approximate surface area is 121 Å². The largest absolute Gasteiger partial charge is 0.478 e. The van der Waals surface area contributed by atoms with Crippen LogP contribution in [0.1, 0.15) is 37.6 Å². The quantitative estimate of drug-likeness (QED) is 0.920. The second-order valence-corrected chi connectivity index (χ2v) is 5.12. The number of carboxylic acid groups (broad SMARTS) is 1. The molecular weight excluding hydrogens is 270 g/mol. The number of carboxylic acids is 1. The van der Waals surface area contributed by atoms with Gasteiger partial charge in [-0.1, -0.05) is 12.1 Å². The van der Waals surface area contributed by atoms with E-state index in [1.807, 2.05) is 6.07 Å². The Morgan fingerprint density at radius 1 is 1.24 bits per heavy atom. The SMILES string of the molecule is Cc1occc1C(=O)N1CCc2c(cccc2C(=O)O)C1. The van der Waals surface area contributed by atoms with Crippen LogP contribution >= 0.6 is 0 Å². The van der Waals surface area contributed by atoms with Gasteiger partial charge in [-0.25, -0.2) is 4.79 Å². The molecule has 21 heavy (non-hydrogen) atoms. The number of furan rings is 1. The number of amides is 1. The molecule has 0 bridgehead atoms. The molecule has 1 aromatic heterocycles. The maximum Gasteiger partial charge on any atom is 0.335 e. The number of rotatable bonds is 2. The third-order valence-corrected chi connectivity index (χ3v) is 3.87. The summed E-state index contributed by atoms with van der Waals surface area (Å²) in [4.78, 5) is 25.4. The lowest BCUT2D eigenvalue weighted by Crippen LogP contribution is -2.36. The summed E-state index contributed by atoms with van der Waals surface area (Å²) in [6.45, 7) is 2.70. The molecule has 0 fully saturated rings. The van der Waals surface area contributed by atoms with Gasteiger partial charge in [-0.05, 0) is 36.6 Å². The number of hydrogen-bond acceptors (Lipinski definition) is 3. The van der Waals surface area contributed by atoms with Crippen LogP contribution in [0.25, 0.3) is 0 Å². The van der Waals surface area contributed by atoms with Gasteiger partial charge >= 0.3 is 5.97 Å². The number of hydrogen-bond donors (Lipinski definition) is 1. The summed E-state index contributed by atoms with van der Waals surface area (Å²) in [7, 11) is 0. The van der Waals surface area contributed by atoms with Crippen LogP contribution in [-0.2, 0) is 13.0 Å². The molecule has 0 atom stereocenters. The highest BCUT2D eigenvalue weighted by Gasteiger charge is 2.26. The zero-order valence-electron chi connectivity index (χ0n) is 11.6. The summed E-state index contributed by atoms with van der Waals surface area (Å²) < 4.78 is 5.17. The van der Waals surface area contributed by atoms with Crippen molar-refractivity contribution in [1.82, 2.24) is 4.90 Å². The average Bonchev–Trinajstić information content (AvgIpc) is 2.91. The molecule has 1 aromatic carbocycles. The third kappa shape index (κ3) is 2.31. The van der Waals surface area contributed by atoms with Gasteiger partial charge in [-0.2, -0.15) is 0 Å². The van der Waals surface area contributed by atoms with Crippen LogP contribution < -0.4 is 0 Å². The van der Waals surface area contributed by atoms with Crippen molar-refractivity contribution >= 4 is 11.9 Å². The second-order valence-electron chi connectivity index (χ2n) is 5.12. The van der Waals surface area contributed by atoms with Gasteiger partial charge in [0.2, 0.25) is 0 Å². The monoisotopic (exact) mass is 285 g/mol. The predicted octanol–water partition coefficient (Wildman–Crippen LogP) is 2.48. The Hall–Kier alpha value is -2.56. The van der Waals surface area contributed by atoms with Gasteiger partial charge in [0, 0.05) is 13.1 Å². The van der Waals surface area contributed by atoms with Crippen molar-refractivity contribution in [2.45, 2.75) is 19.9 Å². The molecule has 1 aliphatic rings. The van der Waals surface area contributed by atoms with Crippen molar-refractivity contribution in [3.05, 3.63) is 58.5 Å². The van der Waals surface area contributed by atoms with E-state index in [4.69, 9.17) is 4.42 Å². The zero-order valence-corrected chi connectivity index (χ0v) is 11.6. The minimum Gasteiger partial charge on any atom is -0.478 e. The Morgan fingerprint density at radius 3 is 2.71 bits per heavy atom. The molecule has 1 amide bonds. The Balaban J connectivity index is 1.89. The van der Waals surface area contributed by atoms with E-state index in [9.17, 15) is 14.7 Å². The van der Waals surface area contributed by atoms with Gasteiger partial charge in [-0.3, -0.25) is 4.79 Å². The molecule has 0 saturated carbocycles. The minimum absolute atomic E-state index is 0.0763. The first-order valence-electron chi connectivity index (χ1n) is 6.75. The van der Waals surface area contributed by atoms with Gasteiger partial charge in [0.25, 0.3) is 5.91 Å². The molecule has 1 N–H and O–H groups in total.